The molecule has 2 rings (SSSR count). The Morgan fingerprint density at radius 2 is 1.90 bits per heavy atom. The number of hydrogen-bond acceptors (Lipinski definition) is 4. The van der Waals surface area contributed by atoms with Gasteiger partial charge >= 0.3 is 0 Å². The summed E-state index contributed by atoms with van der Waals surface area (Å²) in [6, 6.07) is 0. The molecule has 0 aromatic rings. The molecule has 4 heteroatoms. The van der Waals surface area contributed by atoms with Crippen molar-refractivity contribution in [3.63, 3.8) is 0 Å². The SMILES string of the molecule is CN(CC1CCCCO1)C1(CN)CC(C)(C)OC1(C)C. The van der Waals surface area contributed by atoms with E-state index in [-0.39, 0.29) is 16.7 Å². The van der Waals surface area contributed by atoms with Gasteiger partial charge in [0.1, 0.15) is 0 Å². The lowest BCUT2D eigenvalue weighted by Crippen LogP contribution is -2.63. The maximum atomic E-state index is 6.29. The van der Waals surface area contributed by atoms with E-state index in [1.54, 1.807) is 0 Å². The smallest absolute Gasteiger partial charge is 0.0829 e. The molecule has 2 unspecified atom stereocenters. The number of nitrogens with zero attached hydrogens (tertiary/aromatic N) is 1. The number of nitrogens with two attached hydrogens (primary N) is 1. The van der Waals surface area contributed by atoms with Crippen LogP contribution < -0.4 is 5.73 Å². The van der Waals surface area contributed by atoms with E-state index in [0.717, 1.165) is 26.0 Å². The molecule has 118 valence electrons. The van der Waals surface area contributed by atoms with Crippen molar-refractivity contribution in [3.8, 4) is 0 Å². The Morgan fingerprint density at radius 3 is 2.35 bits per heavy atom. The summed E-state index contributed by atoms with van der Waals surface area (Å²) >= 11 is 0. The summed E-state index contributed by atoms with van der Waals surface area (Å²) in [5, 5.41) is 0. The molecule has 0 aromatic carbocycles. The number of rotatable bonds is 4. The average Bonchev–Trinajstić information content (AvgIpc) is 2.55. The van der Waals surface area contributed by atoms with Crippen LogP contribution in [0.15, 0.2) is 0 Å². The molecular weight excluding hydrogens is 252 g/mol. The minimum absolute atomic E-state index is 0.114. The van der Waals surface area contributed by atoms with Gasteiger partial charge in [-0.2, -0.15) is 0 Å². The number of ether oxygens (including phenoxy) is 2. The minimum atomic E-state index is -0.241. The van der Waals surface area contributed by atoms with Crippen LogP contribution in [-0.4, -0.2) is 54.5 Å². The summed E-state index contributed by atoms with van der Waals surface area (Å²) in [5.41, 5.74) is 5.73. The second-order valence-corrected chi connectivity index (χ2v) is 7.65. The predicted octanol–water partition coefficient (Wildman–Crippen LogP) is 2.16. The van der Waals surface area contributed by atoms with Crippen molar-refractivity contribution < 1.29 is 9.47 Å². The normalized spacial score (nSPS) is 36.5. The fourth-order valence-electron chi connectivity index (χ4n) is 4.24. The molecule has 0 radical (unpaired) electrons. The molecule has 0 spiro atoms. The Balaban J connectivity index is 2.13. The second kappa shape index (κ2) is 5.56. The third-order valence-corrected chi connectivity index (χ3v) is 5.19. The molecule has 2 N–H and O–H groups in total. The first-order chi connectivity index (χ1) is 9.22. The highest BCUT2D eigenvalue weighted by molar-refractivity contribution is 5.12. The standard InChI is InChI=1S/C16H32N2O2/c1-14(2)11-16(12-17,15(3,4)20-14)18(5)10-13-8-6-7-9-19-13/h13H,6-12,17H2,1-5H3. The van der Waals surface area contributed by atoms with Crippen molar-refractivity contribution >= 4 is 0 Å². The maximum Gasteiger partial charge on any atom is 0.0829 e. The minimum Gasteiger partial charge on any atom is -0.377 e. The first kappa shape index (κ1) is 16.2. The zero-order chi connectivity index (χ0) is 15.0. The van der Waals surface area contributed by atoms with E-state index in [4.69, 9.17) is 15.2 Å². The second-order valence-electron chi connectivity index (χ2n) is 7.65. The highest BCUT2D eigenvalue weighted by Gasteiger charge is 2.58. The fraction of sp³-hybridized carbons (Fsp3) is 1.00. The van der Waals surface area contributed by atoms with Crippen molar-refractivity contribution in [1.29, 1.82) is 0 Å². The van der Waals surface area contributed by atoms with Crippen molar-refractivity contribution in [1.82, 2.24) is 4.90 Å². The Hall–Kier alpha value is -0.160. The third kappa shape index (κ3) is 2.89. The third-order valence-electron chi connectivity index (χ3n) is 5.19. The molecule has 2 aliphatic rings. The van der Waals surface area contributed by atoms with E-state index >= 15 is 0 Å². The number of likely N-dealkylation sites (N-methyl/N-ethyl adjacent to an activating group) is 1. The van der Waals surface area contributed by atoms with E-state index in [9.17, 15) is 0 Å². The lowest BCUT2D eigenvalue weighted by molar-refractivity contribution is -0.108. The quantitative estimate of drug-likeness (QED) is 0.859. The Morgan fingerprint density at radius 1 is 1.20 bits per heavy atom. The van der Waals surface area contributed by atoms with Gasteiger partial charge < -0.3 is 15.2 Å². The van der Waals surface area contributed by atoms with Gasteiger partial charge in [0.05, 0.1) is 22.8 Å². The molecule has 0 saturated carbocycles. The van der Waals surface area contributed by atoms with Crippen LogP contribution in [0.25, 0.3) is 0 Å². The van der Waals surface area contributed by atoms with Crippen LogP contribution in [0.1, 0.15) is 53.4 Å². The maximum absolute atomic E-state index is 6.29. The molecule has 20 heavy (non-hydrogen) atoms. The van der Waals surface area contributed by atoms with Gasteiger partial charge in [0.25, 0.3) is 0 Å². The summed E-state index contributed by atoms with van der Waals surface area (Å²) in [6.45, 7) is 11.1. The first-order valence-electron chi connectivity index (χ1n) is 7.96. The van der Waals surface area contributed by atoms with Crippen LogP contribution in [0, 0.1) is 0 Å². The molecular formula is C16H32N2O2. The van der Waals surface area contributed by atoms with Crippen molar-refractivity contribution in [2.75, 3.05) is 26.7 Å². The van der Waals surface area contributed by atoms with Gasteiger partial charge in [0.2, 0.25) is 0 Å². The van der Waals surface area contributed by atoms with Crippen LogP contribution >= 0.6 is 0 Å². The lowest BCUT2D eigenvalue weighted by Gasteiger charge is -2.47. The van der Waals surface area contributed by atoms with E-state index < -0.39 is 0 Å². The molecule has 0 aromatic heterocycles. The molecule has 0 bridgehead atoms. The summed E-state index contributed by atoms with van der Waals surface area (Å²) < 4.78 is 12.2. The van der Waals surface area contributed by atoms with Crippen LogP contribution in [0.5, 0.6) is 0 Å². The predicted molar refractivity (Wildman–Crippen MR) is 81.9 cm³/mol. The summed E-state index contributed by atoms with van der Waals surface area (Å²) in [7, 11) is 2.18. The highest BCUT2D eigenvalue weighted by atomic mass is 16.5. The van der Waals surface area contributed by atoms with Gasteiger partial charge in [0.15, 0.2) is 0 Å². The molecule has 2 atom stereocenters. The summed E-state index contributed by atoms with van der Waals surface area (Å²) in [6.07, 6.45) is 4.95. The molecule has 4 nitrogen and oxygen atoms in total. The van der Waals surface area contributed by atoms with Gasteiger partial charge in [-0.3, -0.25) is 4.90 Å². The number of hydrogen-bond donors (Lipinski definition) is 1. The van der Waals surface area contributed by atoms with E-state index in [2.05, 4.69) is 39.6 Å². The first-order valence-corrected chi connectivity index (χ1v) is 7.96. The fourth-order valence-corrected chi connectivity index (χ4v) is 4.24. The summed E-state index contributed by atoms with van der Waals surface area (Å²) in [4.78, 5) is 2.40. The van der Waals surface area contributed by atoms with Crippen LogP contribution in [0.4, 0.5) is 0 Å². The van der Waals surface area contributed by atoms with Crippen molar-refractivity contribution in [2.45, 2.75) is 76.2 Å². The van der Waals surface area contributed by atoms with Gasteiger partial charge in [-0.15, -0.1) is 0 Å². The topological polar surface area (TPSA) is 47.7 Å². The molecule has 2 saturated heterocycles. The zero-order valence-corrected chi connectivity index (χ0v) is 13.9. The Bertz CT molecular complexity index is 337. The van der Waals surface area contributed by atoms with E-state index in [1.165, 1.54) is 12.8 Å². The average molecular weight is 284 g/mol. The Labute approximate surface area is 124 Å². The van der Waals surface area contributed by atoms with Crippen LogP contribution in [0.2, 0.25) is 0 Å². The molecule has 2 heterocycles. The van der Waals surface area contributed by atoms with Gasteiger partial charge in [0, 0.05) is 19.7 Å². The van der Waals surface area contributed by atoms with Crippen LogP contribution in [-0.2, 0) is 9.47 Å². The van der Waals surface area contributed by atoms with Crippen molar-refractivity contribution in [2.24, 2.45) is 5.73 Å². The molecule has 0 amide bonds. The molecule has 0 aliphatic carbocycles. The zero-order valence-electron chi connectivity index (χ0n) is 13.9. The Kier molecular flexibility index (Phi) is 4.51. The monoisotopic (exact) mass is 284 g/mol. The van der Waals surface area contributed by atoms with Gasteiger partial charge in [-0.05, 0) is 60.4 Å². The summed E-state index contributed by atoms with van der Waals surface area (Å²) in [5.74, 6) is 0. The van der Waals surface area contributed by atoms with E-state index in [1.807, 2.05) is 0 Å². The molecule has 2 fully saturated rings. The van der Waals surface area contributed by atoms with E-state index in [0.29, 0.717) is 12.6 Å². The van der Waals surface area contributed by atoms with Gasteiger partial charge in [-0.25, -0.2) is 0 Å². The lowest BCUT2D eigenvalue weighted by atomic mass is 9.77. The van der Waals surface area contributed by atoms with Crippen molar-refractivity contribution in [3.05, 3.63) is 0 Å². The molecule has 2 aliphatic heterocycles. The highest BCUT2D eigenvalue weighted by Crippen LogP contribution is 2.47. The van der Waals surface area contributed by atoms with Gasteiger partial charge in [-0.1, -0.05) is 0 Å². The largest absolute Gasteiger partial charge is 0.377 e. The van der Waals surface area contributed by atoms with Crippen LogP contribution in [0.3, 0.4) is 0 Å².